The fourth-order valence-corrected chi connectivity index (χ4v) is 1.28. The number of carboxylic acid groups (broad SMARTS) is 2. The van der Waals surface area contributed by atoms with Crippen LogP contribution in [0.15, 0.2) is 0 Å². The summed E-state index contributed by atoms with van der Waals surface area (Å²) in [6, 6.07) is 0. The molecule has 0 aromatic heterocycles. The van der Waals surface area contributed by atoms with Crippen molar-refractivity contribution in [1.29, 1.82) is 0 Å². The van der Waals surface area contributed by atoms with E-state index in [1.54, 1.807) is 7.11 Å². The second-order valence-corrected chi connectivity index (χ2v) is 6.55. The van der Waals surface area contributed by atoms with Gasteiger partial charge in [-0.05, 0) is 6.92 Å². The SMILES string of the molecule is C.CCCC.COCCNC(=O)COCCOCC(C)=O.NCCO.O=C(O)COCCOCC(=O)O. The highest BCUT2D eigenvalue weighted by atomic mass is 16.5. The smallest absolute Gasteiger partial charge is 0.329 e. The molecule has 0 bridgehead atoms. The van der Waals surface area contributed by atoms with E-state index in [1.165, 1.54) is 19.8 Å². The Kier molecular flexibility index (Phi) is 49.5. The maximum Gasteiger partial charge on any atom is 0.329 e. The highest BCUT2D eigenvalue weighted by molar-refractivity contribution is 5.77. The van der Waals surface area contributed by atoms with Crippen molar-refractivity contribution in [2.75, 3.05) is 86.3 Å². The molecule has 0 atom stereocenters. The number of carbonyl (C=O) groups is 4. The predicted molar refractivity (Wildman–Crippen MR) is 138 cm³/mol. The molecule has 0 unspecified atom stereocenters. The van der Waals surface area contributed by atoms with Gasteiger partial charge in [0.2, 0.25) is 5.91 Å². The number of carbonyl (C=O) groups excluding carboxylic acids is 2. The fourth-order valence-electron chi connectivity index (χ4n) is 1.28. The van der Waals surface area contributed by atoms with Crippen LogP contribution in [0, 0.1) is 0 Å². The average molecular weight is 547 g/mol. The highest BCUT2D eigenvalue weighted by Gasteiger charge is 2.00. The lowest BCUT2D eigenvalue weighted by Crippen LogP contribution is -2.30. The second kappa shape index (κ2) is 40.9. The maximum atomic E-state index is 11.1. The number of aliphatic hydroxyl groups excluding tert-OH is 1. The number of hydrogen-bond acceptors (Lipinski definition) is 11. The quantitative estimate of drug-likeness (QED) is 0.134. The summed E-state index contributed by atoms with van der Waals surface area (Å²) in [7, 11) is 1.56. The lowest BCUT2D eigenvalue weighted by molar-refractivity contribution is -0.146. The number of ether oxygens (including phenoxy) is 5. The third-order valence-corrected chi connectivity index (χ3v) is 2.99. The van der Waals surface area contributed by atoms with Crippen molar-refractivity contribution < 1.29 is 58.2 Å². The number of unbranched alkanes of at least 4 members (excludes halogenated alkanes) is 1. The highest BCUT2D eigenvalue weighted by Crippen LogP contribution is 1.81. The van der Waals surface area contributed by atoms with Crippen molar-refractivity contribution in [1.82, 2.24) is 5.32 Å². The number of Topliss-reactive ketones (excluding diaryl/α,β-unsaturated/α-hetero) is 1. The Bertz CT molecular complexity index is 482. The summed E-state index contributed by atoms with van der Waals surface area (Å²) in [5, 5.41) is 26.6. The zero-order chi connectivity index (χ0) is 28.5. The van der Waals surface area contributed by atoms with Gasteiger partial charge in [-0.1, -0.05) is 34.1 Å². The van der Waals surface area contributed by atoms with Crippen LogP contribution in [0.2, 0.25) is 0 Å². The number of aliphatic hydroxyl groups is 1. The Morgan fingerprint density at radius 1 is 0.757 bits per heavy atom. The summed E-state index contributed by atoms with van der Waals surface area (Å²) in [6.45, 7) is 7.30. The molecule has 14 nitrogen and oxygen atoms in total. The molecule has 0 aliphatic heterocycles. The molecule has 0 spiro atoms. The third kappa shape index (κ3) is 65.8. The molecule has 0 aromatic rings. The van der Waals surface area contributed by atoms with Crippen LogP contribution in [0.25, 0.3) is 0 Å². The van der Waals surface area contributed by atoms with Gasteiger partial charge in [0.1, 0.15) is 26.4 Å². The Morgan fingerprint density at radius 2 is 1.14 bits per heavy atom. The molecule has 0 fully saturated rings. The van der Waals surface area contributed by atoms with Crippen LogP contribution in [-0.4, -0.2) is 125 Å². The Balaban J connectivity index is -0.000000143. The summed E-state index contributed by atoms with van der Waals surface area (Å²) in [5.41, 5.74) is 4.78. The van der Waals surface area contributed by atoms with Crippen LogP contribution < -0.4 is 11.1 Å². The molecule has 0 heterocycles. The number of carboxylic acids is 2. The Morgan fingerprint density at radius 3 is 1.43 bits per heavy atom. The normalized spacial score (nSPS) is 9.14. The van der Waals surface area contributed by atoms with Crippen LogP contribution in [0.5, 0.6) is 0 Å². The summed E-state index contributed by atoms with van der Waals surface area (Å²) in [4.78, 5) is 41.3. The molecule has 0 rings (SSSR count). The van der Waals surface area contributed by atoms with Gasteiger partial charge in [0.05, 0.1) is 39.6 Å². The van der Waals surface area contributed by atoms with Crippen LogP contribution in [-0.2, 0) is 42.9 Å². The molecule has 0 aliphatic rings. The topological polar surface area (TPSA) is 213 Å². The van der Waals surface area contributed by atoms with E-state index in [4.69, 9.17) is 35.3 Å². The van der Waals surface area contributed by atoms with Crippen LogP contribution in [0.1, 0.15) is 41.0 Å². The van der Waals surface area contributed by atoms with Gasteiger partial charge in [-0.2, -0.15) is 0 Å². The number of rotatable bonds is 19. The zero-order valence-electron chi connectivity index (χ0n) is 22.0. The fraction of sp³-hybridized carbons (Fsp3) is 0.826. The maximum absolute atomic E-state index is 11.1. The molecule has 0 radical (unpaired) electrons. The van der Waals surface area contributed by atoms with Crippen molar-refractivity contribution in [2.24, 2.45) is 5.73 Å². The van der Waals surface area contributed by atoms with Crippen LogP contribution in [0.3, 0.4) is 0 Å². The number of amides is 1. The molecule has 14 heteroatoms. The van der Waals surface area contributed by atoms with Crippen molar-refractivity contribution in [3.05, 3.63) is 0 Å². The minimum absolute atomic E-state index is 0. The number of hydrogen-bond donors (Lipinski definition) is 5. The molecule has 0 aromatic carbocycles. The molecule has 0 saturated carbocycles. The first-order valence-corrected chi connectivity index (χ1v) is 11.4. The molecular weight excluding hydrogens is 496 g/mol. The largest absolute Gasteiger partial charge is 0.480 e. The molecular formula is C23H50N2O12. The van der Waals surface area contributed by atoms with Crippen molar-refractivity contribution in [3.63, 3.8) is 0 Å². The van der Waals surface area contributed by atoms with E-state index in [9.17, 15) is 19.2 Å². The Hall–Kier alpha value is -2.20. The predicted octanol–water partition coefficient (Wildman–Crippen LogP) is -0.0601. The number of nitrogens with one attached hydrogen (secondary N) is 1. The average Bonchev–Trinajstić information content (AvgIpc) is 2.83. The second-order valence-electron chi connectivity index (χ2n) is 6.55. The monoisotopic (exact) mass is 546 g/mol. The zero-order valence-corrected chi connectivity index (χ0v) is 22.0. The van der Waals surface area contributed by atoms with E-state index in [-0.39, 0.29) is 52.2 Å². The van der Waals surface area contributed by atoms with Gasteiger partial charge in [0.25, 0.3) is 0 Å². The van der Waals surface area contributed by atoms with E-state index < -0.39 is 25.2 Å². The summed E-state index contributed by atoms with van der Waals surface area (Å²) < 4.78 is 23.9. The minimum atomic E-state index is -1.06. The molecule has 1 amide bonds. The number of ketones is 1. The van der Waals surface area contributed by atoms with Crippen molar-refractivity contribution in [3.8, 4) is 0 Å². The summed E-state index contributed by atoms with van der Waals surface area (Å²) in [6.07, 6.45) is 2.64. The molecule has 37 heavy (non-hydrogen) atoms. The van der Waals surface area contributed by atoms with E-state index in [2.05, 4.69) is 28.6 Å². The molecule has 6 N–H and O–H groups in total. The molecule has 224 valence electrons. The standard InChI is InChI=1S/C10H19NO5.C6H10O6.C4H10.C2H7NO.CH4/c1-9(12)7-15-5-6-16-8-10(13)11-3-4-14-2;7-5(8)3-11-1-2-12-4-6(9)10;1-3-4-2;3-1-2-4;/h3-8H2,1-2H3,(H,11,13);1-4H2,(H,7,8)(H,9,10);3-4H2,1-2H3;4H,1-3H2;1H4. The van der Waals surface area contributed by atoms with Gasteiger partial charge < -0.3 is 50.1 Å². The van der Waals surface area contributed by atoms with Gasteiger partial charge >= 0.3 is 11.9 Å². The van der Waals surface area contributed by atoms with Crippen LogP contribution in [0.4, 0.5) is 0 Å². The van der Waals surface area contributed by atoms with E-state index in [1.807, 2.05) is 0 Å². The number of aliphatic carboxylic acids is 2. The number of methoxy groups -OCH3 is 1. The van der Waals surface area contributed by atoms with E-state index in [0.717, 1.165) is 0 Å². The minimum Gasteiger partial charge on any atom is -0.480 e. The number of nitrogens with two attached hydrogens (primary N) is 1. The van der Waals surface area contributed by atoms with Gasteiger partial charge in [0.15, 0.2) is 5.78 Å². The summed E-state index contributed by atoms with van der Waals surface area (Å²) >= 11 is 0. The first-order chi connectivity index (χ1) is 17.1. The van der Waals surface area contributed by atoms with Gasteiger partial charge in [-0.3, -0.25) is 9.59 Å². The van der Waals surface area contributed by atoms with E-state index >= 15 is 0 Å². The lowest BCUT2D eigenvalue weighted by Gasteiger charge is -2.05. The first-order valence-electron chi connectivity index (χ1n) is 11.4. The van der Waals surface area contributed by atoms with Crippen molar-refractivity contribution >= 4 is 23.6 Å². The lowest BCUT2D eigenvalue weighted by atomic mass is 10.4. The Labute approximate surface area is 220 Å². The van der Waals surface area contributed by atoms with Gasteiger partial charge in [0, 0.05) is 20.2 Å². The summed E-state index contributed by atoms with van der Waals surface area (Å²) in [5.74, 6) is -2.35. The van der Waals surface area contributed by atoms with E-state index in [0.29, 0.717) is 32.9 Å². The van der Waals surface area contributed by atoms with Gasteiger partial charge in [-0.15, -0.1) is 0 Å². The molecule has 0 aliphatic carbocycles. The van der Waals surface area contributed by atoms with Crippen molar-refractivity contribution in [2.45, 2.75) is 41.0 Å². The first kappa shape index (κ1) is 44.8. The molecule has 0 saturated heterocycles. The third-order valence-electron chi connectivity index (χ3n) is 2.99. The van der Waals surface area contributed by atoms with Gasteiger partial charge in [-0.25, -0.2) is 9.59 Å². The van der Waals surface area contributed by atoms with Crippen LogP contribution >= 0.6 is 0 Å².